The van der Waals surface area contributed by atoms with Crippen LogP contribution in [-0.4, -0.2) is 8.42 Å². The minimum Gasteiger partial charge on any atom is -0.207 e. The van der Waals surface area contributed by atoms with Gasteiger partial charge in [0.25, 0.3) is 0 Å². The molecule has 0 atom stereocenters. The molecule has 2 rings (SSSR count). The SMILES string of the molecule is Cc1ccc(F)cc1S(=O)(=O)NCc1c(F)ccc(Cl)c1F. The Labute approximate surface area is 130 Å². The number of sulfonamides is 1. The van der Waals surface area contributed by atoms with Crippen molar-refractivity contribution in [3.8, 4) is 0 Å². The normalized spacial score (nSPS) is 11.7. The molecule has 8 heteroatoms. The number of rotatable bonds is 4. The predicted molar refractivity (Wildman–Crippen MR) is 76.5 cm³/mol. The lowest BCUT2D eigenvalue weighted by Gasteiger charge is -2.11. The molecule has 0 fully saturated rings. The molecule has 0 amide bonds. The van der Waals surface area contributed by atoms with Crippen LogP contribution >= 0.6 is 11.6 Å². The Bertz CT molecular complexity index is 825. The van der Waals surface area contributed by atoms with Gasteiger partial charge >= 0.3 is 0 Å². The maximum absolute atomic E-state index is 13.7. The first kappa shape index (κ1) is 16.8. The van der Waals surface area contributed by atoms with Crippen LogP contribution in [0.15, 0.2) is 35.2 Å². The van der Waals surface area contributed by atoms with Crippen LogP contribution in [0.2, 0.25) is 5.02 Å². The molecule has 0 saturated heterocycles. The van der Waals surface area contributed by atoms with Crippen molar-refractivity contribution in [1.82, 2.24) is 4.72 Å². The van der Waals surface area contributed by atoms with Crippen LogP contribution in [0, 0.1) is 24.4 Å². The maximum Gasteiger partial charge on any atom is 0.241 e. The van der Waals surface area contributed by atoms with Gasteiger partial charge < -0.3 is 0 Å². The molecule has 0 aliphatic rings. The second-order valence-electron chi connectivity index (χ2n) is 4.56. The molecule has 2 aromatic carbocycles. The summed E-state index contributed by atoms with van der Waals surface area (Å²) in [5, 5.41) is -0.322. The highest BCUT2D eigenvalue weighted by Crippen LogP contribution is 2.22. The van der Waals surface area contributed by atoms with Gasteiger partial charge in [0.2, 0.25) is 10.0 Å². The number of hydrogen-bond donors (Lipinski definition) is 1. The molecule has 22 heavy (non-hydrogen) atoms. The Morgan fingerprint density at radius 2 is 1.82 bits per heavy atom. The highest BCUT2D eigenvalue weighted by molar-refractivity contribution is 7.89. The summed E-state index contributed by atoms with van der Waals surface area (Å²) >= 11 is 5.53. The smallest absolute Gasteiger partial charge is 0.207 e. The van der Waals surface area contributed by atoms with Crippen LogP contribution < -0.4 is 4.72 Å². The van der Waals surface area contributed by atoms with Crippen molar-refractivity contribution in [2.75, 3.05) is 0 Å². The average molecular weight is 350 g/mol. The van der Waals surface area contributed by atoms with Gasteiger partial charge in [0.1, 0.15) is 17.5 Å². The summed E-state index contributed by atoms with van der Waals surface area (Å²) in [5.41, 5.74) is -0.203. The lowest BCUT2D eigenvalue weighted by Crippen LogP contribution is -2.25. The Balaban J connectivity index is 2.31. The zero-order valence-corrected chi connectivity index (χ0v) is 12.9. The Hall–Kier alpha value is -1.57. The van der Waals surface area contributed by atoms with Crippen molar-refractivity contribution in [1.29, 1.82) is 0 Å². The standard InChI is InChI=1S/C14H11ClF3NO2S/c1-8-2-3-9(16)6-13(8)22(20,21)19-7-10-12(17)5-4-11(15)14(10)18/h2-6,19H,7H2,1H3. The lowest BCUT2D eigenvalue weighted by atomic mass is 10.2. The third-order valence-electron chi connectivity index (χ3n) is 3.02. The van der Waals surface area contributed by atoms with E-state index < -0.39 is 39.6 Å². The van der Waals surface area contributed by atoms with E-state index in [1.807, 2.05) is 4.72 Å². The summed E-state index contributed by atoms with van der Waals surface area (Å²) in [4.78, 5) is -0.296. The van der Waals surface area contributed by atoms with Gasteiger partial charge in [0.05, 0.1) is 9.92 Å². The van der Waals surface area contributed by atoms with Crippen LogP contribution in [0.1, 0.15) is 11.1 Å². The van der Waals surface area contributed by atoms with Crippen LogP contribution in [0.25, 0.3) is 0 Å². The van der Waals surface area contributed by atoms with E-state index in [1.165, 1.54) is 13.0 Å². The number of benzene rings is 2. The third kappa shape index (κ3) is 3.43. The number of hydrogen-bond acceptors (Lipinski definition) is 2. The Morgan fingerprint density at radius 1 is 1.14 bits per heavy atom. The number of halogens is 4. The largest absolute Gasteiger partial charge is 0.241 e. The first-order valence-corrected chi connectivity index (χ1v) is 7.96. The van der Waals surface area contributed by atoms with Crippen molar-refractivity contribution in [2.24, 2.45) is 0 Å². The topological polar surface area (TPSA) is 46.2 Å². The molecule has 1 N–H and O–H groups in total. The van der Waals surface area contributed by atoms with E-state index in [2.05, 4.69) is 0 Å². The predicted octanol–water partition coefficient (Wildman–Crippen LogP) is 3.54. The summed E-state index contributed by atoms with van der Waals surface area (Å²) in [6, 6.07) is 5.21. The molecular formula is C14H11ClF3NO2S. The van der Waals surface area contributed by atoms with E-state index in [0.29, 0.717) is 5.56 Å². The zero-order valence-electron chi connectivity index (χ0n) is 11.3. The molecule has 0 aromatic heterocycles. The second kappa shape index (κ2) is 6.28. The minimum atomic E-state index is -4.12. The molecule has 0 saturated carbocycles. The third-order valence-corrected chi connectivity index (χ3v) is 4.85. The van der Waals surface area contributed by atoms with Crippen LogP contribution in [0.3, 0.4) is 0 Å². The molecular weight excluding hydrogens is 339 g/mol. The molecule has 0 heterocycles. The van der Waals surface area contributed by atoms with Crippen LogP contribution in [0.4, 0.5) is 13.2 Å². The average Bonchev–Trinajstić information content (AvgIpc) is 2.45. The maximum atomic E-state index is 13.7. The Morgan fingerprint density at radius 3 is 2.50 bits per heavy atom. The van der Waals surface area contributed by atoms with Crippen molar-refractivity contribution in [3.05, 3.63) is 63.9 Å². The van der Waals surface area contributed by atoms with Crippen LogP contribution in [-0.2, 0) is 16.6 Å². The van der Waals surface area contributed by atoms with Gasteiger partial charge in [-0.15, -0.1) is 0 Å². The number of aryl methyl sites for hydroxylation is 1. The zero-order chi connectivity index (χ0) is 16.5. The molecule has 3 nitrogen and oxygen atoms in total. The van der Waals surface area contributed by atoms with Crippen molar-refractivity contribution >= 4 is 21.6 Å². The Kier molecular flexibility index (Phi) is 4.79. The van der Waals surface area contributed by atoms with Crippen molar-refractivity contribution in [3.63, 3.8) is 0 Å². The minimum absolute atomic E-state index is 0.296. The summed E-state index contributed by atoms with van der Waals surface area (Å²) in [6.07, 6.45) is 0. The van der Waals surface area contributed by atoms with Crippen molar-refractivity contribution < 1.29 is 21.6 Å². The summed E-state index contributed by atoms with van der Waals surface area (Å²) < 4.78 is 66.8. The highest BCUT2D eigenvalue weighted by atomic mass is 35.5. The number of nitrogens with one attached hydrogen (secondary N) is 1. The van der Waals surface area contributed by atoms with Gasteiger partial charge in [-0.2, -0.15) is 0 Å². The fourth-order valence-electron chi connectivity index (χ4n) is 1.84. The van der Waals surface area contributed by atoms with Crippen LogP contribution in [0.5, 0.6) is 0 Å². The monoisotopic (exact) mass is 349 g/mol. The molecule has 0 aliphatic carbocycles. The van der Waals surface area contributed by atoms with Gasteiger partial charge in [-0.25, -0.2) is 26.3 Å². The van der Waals surface area contributed by atoms with Gasteiger partial charge in [-0.1, -0.05) is 17.7 Å². The van der Waals surface area contributed by atoms with Crippen molar-refractivity contribution in [2.45, 2.75) is 18.4 Å². The van der Waals surface area contributed by atoms with E-state index in [0.717, 1.165) is 24.3 Å². The van der Waals surface area contributed by atoms with E-state index in [9.17, 15) is 21.6 Å². The first-order valence-electron chi connectivity index (χ1n) is 6.10. The fraction of sp³-hybridized carbons (Fsp3) is 0.143. The van der Waals surface area contributed by atoms with E-state index >= 15 is 0 Å². The van der Waals surface area contributed by atoms with E-state index in [-0.39, 0.29) is 9.92 Å². The first-order chi connectivity index (χ1) is 10.2. The second-order valence-corrected chi connectivity index (χ2v) is 6.70. The molecule has 0 unspecified atom stereocenters. The summed E-state index contributed by atoms with van der Waals surface area (Å²) in [6.45, 7) is 0.838. The summed E-state index contributed by atoms with van der Waals surface area (Å²) in [7, 11) is -4.12. The molecule has 118 valence electrons. The summed E-state index contributed by atoms with van der Waals surface area (Å²) in [5.74, 6) is -2.70. The molecule has 0 spiro atoms. The molecule has 2 aromatic rings. The molecule has 0 radical (unpaired) electrons. The van der Waals surface area contributed by atoms with Gasteiger partial charge in [0, 0.05) is 12.1 Å². The van der Waals surface area contributed by atoms with Gasteiger partial charge in [0.15, 0.2) is 0 Å². The van der Waals surface area contributed by atoms with E-state index in [1.54, 1.807) is 0 Å². The quantitative estimate of drug-likeness (QED) is 0.858. The van der Waals surface area contributed by atoms with Gasteiger partial charge in [-0.3, -0.25) is 0 Å². The van der Waals surface area contributed by atoms with Gasteiger partial charge in [-0.05, 0) is 36.8 Å². The fourth-order valence-corrected chi connectivity index (χ4v) is 3.27. The van der Waals surface area contributed by atoms with E-state index in [4.69, 9.17) is 11.6 Å². The molecule has 0 bridgehead atoms. The highest BCUT2D eigenvalue weighted by Gasteiger charge is 2.20. The lowest BCUT2D eigenvalue weighted by molar-refractivity contribution is 0.544. The molecule has 0 aliphatic heterocycles.